The molecule has 2 aromatic heterocycles. The fourth-order valence-corrected chi connectivity index (χ4v) is 2.81. The number of benzene rings is 1. The molecule has 0 saturated carbocycles. The van der Waals surface area contributed by atoms with Crippen LogP contribution in [-0.2, 0) is 6.54 Å². The number of hydrogen-bond acceptors (Lipinski definition) is 6. The van der Waals surface area contributed by atoms with Gasteiger partial charge in [-0.2, -0.15) is 4.98 Å². The van der Waals surface area contributed by atoms with Crippen molar-refractivity contribution < 1.29 is 18.6 Å². The lowest BCUT2D eigenvalue weighted by molar-refractivity contribution is 0.173. The molecule has 3 aromatic rings. The number of pyridine rings is 1. The van der Waals surface area contributed by atoms with E-state index in [1.807, 2.05) is 0 Å². The standard InChI is InChI=1S/C21H24F2N4O3/c1-4-12(2)9-24-21-25-10-14-7-18(30-17-6-5-15(22)8-16(17)23)20(29)27(11-13(3)28)19(14)26-21/h5-8,10,12-13,28H,4,9,11H2,1-3H3,(H,24,25,26)/t12?,13-/m1/s1. The minimum Gasteiger partial charge on any atom is -0.448 e. The van der Waals surface area contributed by atoms with Crippen molar-refractivity contribution in [2.24, 2.45) is 5.92 Å². The van der Waals surface area contributed by atoms with Gasteiger partial charge in [-0.25, -0.2) is 13.8 Å². The van der Waals surface area contributed by atoms with Crippen molar-refractivity contribution in [2.75, 3.05) is 11.9 Å². The third kappa shape index (κ3) is 4.91. The van der Waals surface area contributed by atoms with Crippen LogP contribution in [0.25, 0.3) is 11.0 Å². The van der Waals surface area contributed by atoms with E-state index >= 15 is 0 Å². The zero-order valence-corrected chi connectivity index (χ0v) is 17.0. The Morgan fingerprint density at radius 3 is 2.67 bits per heavy atom. The molecule has 0 saturated heterocycles. The van der Waals surface area contributed by atoms with Gasteiger partial charge in [0.25, 0.3) is 5.56 Å². The van der Waals surface area contributed by atoms with Gasteiger partial charge in [-0.1, -0.05) is 20.3 Å². The molecule has 7 nitrogen and oxygen atoms in total. The Morgan fingerprint density at radius 2 is 2.00 bits per heavy atom. The molecule has 0 fully saturated rings. The maximum absolute atomic E-state index is 14.0. The molecule has 0 bridgehead atoms. The summed E-state index contributed by atoms with van der Waals surface area (Å²) >= 11 is 0. The molecule has 0 aliphatic rings. The fourth-order valence-electron chi connectivity index (χ4n) is 2.81. The maximum atomic E-state index is 14.0. The molecule has 1 unspecified atom stereocenters. The summed E-state index contributed by atoms with van der Waals surface area (Å²) in [5.41, 5.74) is -0.284. The van der Waals surface area contributed by atoms with E-state index in [1.54, 1.807) is 0 Å². The minimum atomic E-state index is -0.933. The second kappa shape index (κ2) is 9.17. The average molecular weight is 418 g/mol. The van der Waals surface area contributed by atoms with Crippen LogP contribution in [0.2, 0.25) is 0 Å². The van der Waals surface area contributed by atoms with E-state index in [-0.39, 0.29) is 18.0 Å². The molecule has 0 amide bonds. The zero-order valence-electron chi connectivity index (χ0n) is 17.0. The van der Waals surface area contributed by atoms with Crippen molar-refractivity contribution >= 4 is 17.0 Å². The van der Waals surface area contributed by atoms with Crippen LogP contribution in [0.3, 0.4) is 0 Å². The molecular formula is C21H24F2N4O3. The van der Waals surface area contributed by atoms with Gasteiger partial charge < -0.3 is 15.2 Å². The molecule has 0 aliphatic carbocycles. The van der Waals surface area contributed by atoms with E-state index in [2.05, 4.69) is 29.1 Å². The SMILES string of the molecule is CCC(C)CNc1ncc2cc(Oc3ccc(F)cc3F)c(=O)n(C[C@@H](C)O)c2n1. The minimum absolute atomic E-state index is 0.0414. The second-order valence-electron chi connectivity index (χ2n) is 7.32. The smallest absolute Gasteiger partial charge is 0.295 e. The first kappa shape index (κ1) is 21.6. The number of ether oxygens (including phenoxy) is 1. The average Bonchev–Trinajstić information content (AvgIpc) is 2.71. The molecule has 3 rings (SSSR count). The van der Waals surface area contributed by atoms with Crippen LogP contribution in [0.4, 0.5) is 14.7 Å². The summed E-state index contributed by atoms with van der Waals surface area (Å²) < 4.78 is 33.8. The number of rotatable bonds is 8. The Kier molecular flexibility index (Phi) is 6.61. The lowest BCUT2D eigenvalue weighted by Gasteiger charge is -2.15. The number of nitrogens with one attached hydrogen (secondary N) is 1. The summed E-state index contributed by atoms with van der Waals surface area (Å²) in [6.45, 7) is 6.34. The van der Waals surface area contributed by atoms with Crippen LogP contribution < -0.4 is 15.6 Å². The van der Waals surface area contributed by atoms with Crippen molar-refractivity contribution in [3.8, 4) is 11.5 Å². The van der Waals surface area contributed by atoms with E-state index in [0.29, 0.717) is 35.5 Å². The van der Waals surface area contributed by atoms with Crippen molar-refractivity contribution in [1.29, 1.82) is 0 Å². The molecule has 2 N–H and O–H groups in total. The Bertz CT molecular complexity index is 1100. The lowest BCUT2D eigenvalue weighted by atomic mass is 10.1. The number of anilines is 1. The van der Waals surface area contributed by atoms with Crippen LogP contribution in [0.15, 0.2) is 35.3 Å². The maximum Gasteiger partial charge on any atom is 0.295 e. The van der Waals surface area contributed by atoms with Crippen molar-refractivity contribution in [3.63, 3.8) is 0 Å². The zero-order chi connectivity index (χ0) is 21.8. The summed E-state index contributed by atoms with van der Waals surface area (Å²) in [6.07, 6.45) is 1.68. The molecule has 30 heavy (non-hydrogen) atoms. The second-order valence-corrected chi connectivity index (χ2v) is 7.32. The van der Waals surface area contributed by atoms with Gasteiger partial charge in [-0.3, -0.25) is 9.36 Å². The highest BCUT2D eigenvalue weighted by atomic mass is 19.1. The van der Waals surface area contributed by atoms with Crippen LogP contribution >= 0.6 is 0 Å². The molecule has 2 heterocycles. The molecule has 0 radical (unpaired) electrons. The van der Waals surface area contributed by atoms with Gasteiger partial charge in [-0.15, -0.1) is 0 Å². The van der Waals surface area contributed by atoms with E-state index in [1.165, 1.54) is 23.8 Å². The van der Waals surface area contributed by atoms with Crippen LogP contribution in [-0.4, -0.2) is 32.3 Å². The molecule has 0 aliphatic heterocycles. The molecular weight excluding hydrogens is 394 g/mol. The summed E-state index contributed by atoms with van der Waals surface area (Å²) in [6, 6.07) is 4.21. The van der Waals surface area contributed by atoms with Crippen molar-refractivity contribution in [1.82, 2.24) is 14.5 Å². The molecule has 9 heteroatoms. The largest absolute Gasteiger partial charge is 0.448 e. The van der Waals surface area contributed by atoms with Gasteiger partial charge in [0.05, 0.1) is 12.6 Å². The summed E-state index contributed by atoms with van der Waals surface area (Å²) in [5.74, 6) is -1.37. The van der Waals surface area contributed by atoms with Crippen LogP contribution in [0.5, 0.6) is 11.5 Å². The quantitative estimate of drug-likeness (QED) is 0.580. The number of nitrogens with zero attached hydrogens (tertiary/aromatic N) is 3. The summed E-state index contributed by atoms with van der Waals surface area (Å²) in [5, 5.41) is 13.5. The first-order valence-corrected chi connectivity index (χ1v) is 9.74. The predicted molar refractivity (Wildman–Crippen MR) is 110 cm³/mol. The Balaban J connectivity index is 2.05. The predicted octanol–water partition coefficient (Wildman–Crippen LogP) is 3.70. The highest BCUT2D eigenvalue weighted by Gasteiger charge is 2.17. The van der Waals surface area contributed by atoms with Gasteiger partial charge in [-0.05, 0) is 31.0 Å². The molecule has 2 atom stereocenters. The number of aliphatic hydroxyl groups is 1. The van der Waals surface area contributed by atoms with E-state index < -0.39 is 23.3 Å². The van der Waals surface area contributed by atoms with Crippen LogP contribution in [0.1, 0.15) is 27.2 Å². The number of halogens is 2. The number of aliphatic hydroxyl groups excluding tert-OH is 1. The number of fused-ring (bicyclic) bond motifs is 1. The fraction of sp³-hybridized carbons (Fsp3) is 0.381. The molecule has 160 valence electrons. The monoisotopic (exact) mass is 418 g/mol. The summed E-state index contributed by atoms with van der Waals surface area (Å²) in [7, 11) is 0. The van der Waals surface area contributed by atoms with Crippen molar-refractivity contribution in [3.05, 3.63) is 52.5 Å². The van der Waals surface area contributed by atoms with Gasteiger partial charge in [0, 0.05) is 24.2 Å². The van der Waals surface area contributed by atoms with Crippen molar-refractivity contribution in [2.45, 2.75) is 39.8 Å². The first-order valence-electron chi connectivity index (χ1n) is 9.74. The Morgan fingerprint density at radius 1 is 1.23 bits per heavy atom. The van der Waals surface area contributed by atoms with Gasteiger partial charge in [0.15, 0.2) is 17.3 Å². The third-order valence-corrected chi connectivity index (χ3v) is 4.66. The van der Waals surface area contributed by atoms with E-state index in [4.69, 9.17) is 4.74 Å². The van der Waals surface area contributed by atoms with E-state index in [0.717, 1.165) is 18.6 Å². The van der Waals surface area contributed by atoms with Crippen LogP contribution in [0, 0.1) is 17.6 Å². The third-order valence-electron chi connectivity index (χ3n) is 4.66. The number of aromatic nitrogens is 3. The number of hydrogen-bond donors (Lipinski definition) is 2. The highest BCUT2D eigenvalue weighted by molar-refractivity contribution is 5.77. The summed E-state index contributed by atoms with van der Waals surface area (Å²) in [4.78, 5) is 21.7. The first-order chi connectivity index (χ1) is 14.3. The highest BCUT2D eigenvalue weighted by Crippen LogP contribution is 2.25. The van der Waals surface area contributed by atoms with E-state index in [9.17, 15) is 18.7 Å². The normalized spacial score (nSPS) is 13.3. The van der Waals surface area contributed by atoms with Gasteiger partial charge in [0.1, 0.15) is 11.5 Å². The Hall–Kier alpha value is -3.07. The topological polar surface area (TPSA) is 89.3 Å². The molecule has 0 spiro atoms. The van der Waals surface area contributed by atoms with Gasteiger partial charge in [0.2, 0.25) is 5.95 Å². The lowest BCUT2D eigenvalue weighted by Crippen LogP contribution is -2.27. The van der Waals surface area contributed by atoms with Gasteiger partial charge >= 0.3 is 0 Å². The Labute approximate surface area is 172 Å². The molecule has 1 aromatic carbocycles.